The maximum absolute atomic E-state index is 11.8. The monoisotopic (exact) mass is 415 g/mol. The van der Waals surface area contributed by atoms with Gasteiger partial charge in [0.15, 0.2) is 23.0 Å². The predicted octanol–water partition coefficient (Wildman–Crippen LogP) is 3.23. The van der Waals surface area contributed by atoms with E-state index in [1.54, 1.807) is 28.4 Å². The number of methoxy groups -OCH3 is 5. The zero-order chi connectivity index (χ0) is 21.7. The first-order valence-electron chi connectivity index (χ1n) is 9.83. The van der Waals surface area contributed by atoms with Gasteiger partial charge in [0.05, 0.1) is 48.0 Å². The van der Waals surface area contributed by atoms with Gasteiger partial charge in [0.1, 0.15) is 0 Å². The lowest BCUT2D eigenvalue weighted by molar-refractivity contribution is -0.141. The van der Waals surface area contributed by atoms with E-state index in [4.69, 9.17) is 23.7 Å². The fraction of sp³-hybridized carbons (Fsp3) is 0.435. The van der Waals surface area contributed by atoms with Gasteiger partial charge in [0.25, 0.3) is 0 Å². The van der Waals surface area contributed by atoms with Crippen molar-refractivity contribution in [3.05, 3.63) is 47.0 Å². The Bertz CT molecular complexity index is 898. The molecule has 2 aromatic rings. The van der Waals surface area contributed by atoms with E-state index in [0.29, 0.717) is 36.0 Å². The Kier molecular flexibility index (Phi) is 7.05. The van der Waals surface area contributed by atoms with Crippen LogP contribution in [0.3, 0.4) is 0 Å². The van der Waals surface area contributed by atoms with Crippen molar-refractivity contribution < 1.29 is 28.5 Å². The molecule has 1 atom stereocenters. The van der Waals surface area contributed by atoms with E-state index in [1.165, 1.54) is 12.7 Å². The minimum Gasteiger partial charge on any atom is -0.493 e. The van der Waals surface area contributed by atoms with Gasteiger partial charge >= 0.3 is 5.97 Å². The van der Waals surface area contributed by atoms with Crippen molar-refractivity contribution in [1.29, 1.82) is 0 Å². The fourth-order valence-electron chi connectivity index (χ4n) is 3.99. The molecule has 0 saturated heterocycles. The molecule has 0 fully saturated rings. The number of nitrogens with zero attached hydrogens (tertiary/aromatic N) is 1. The topological polar surface area (TPSA) is 66.5 Å². The molecule has 30 heavy (non-hydrogen) atoms. The summed E-state index contributed by atoms with van der Waals surface area (Å²) in [5.41, 5.74) is 3.36. The first-order valence-corrected chi connectivity index (χ1v) is 9.83. The smallest absolute Gasteiger partial charge is 0.306 e. The molecule has 1 aliphatic heterocycles. The number of carbonyl (C=O) groups is 1. The van der Waals surface area contributed by atoms with Gasteiger partial charge in [-0.2, -0.15) is 0 Å². The fourth-order valence-corrected chi connectivity index (χ4v) is 3.99. The van der Waals surface area contributed by atoms with E-state index in [1.807, 2.05) is 30.3 Å². The van der Waals surface area contributed by atoms with Crippen LogP contribution in [0.15, 0.2) is 30.3 Å². The molecule has 162 valence electrons. The summed E-state index contributed by atoms with van der Waals surface area (Å²) in [6.07, 6.45) is 1.17. The Morgan fingerprint density at radius 3 is 2.17 bits per heavy atom. The molecule has 0 spiro atoms. The molecule has 7 nitrogen and oxygen atoms in total. The van der Waals surface area contributed by atoms with E-state index in [2.05, 4.69) is 4.90 Å². The van der Waals surface area contributed by atoms with Gasteiger partial charge < -0.3 is 23.7 Å². The van der Waals surface area contributed by atoms with E-state index in [9.17, 15) is 4.79 Å². The lowest BCUT2D eigenvalue weighted by Gasteiger charge is -2.38. The first kappa shape index (κ1) is 21.8. The maximum Gasteiger partial charge on any atom is 0.306 e. The number of hydrogen-bond donors (Lipinski definition) is 0. The quantitative estimate of drug-likeness (QED) is 0.613. The van der Waals surface area contributed by atoms with Crippen LogP contribution in [-0.2, 0) is 16.0 Å². The molecule has 0 saturated carbocycles. The molecular formula is C23H29NO6. The average Bonchev–Trinajstić information content (AvgIpc) is 2.80. The van der Waals surface area contributed by atoms with Crippen LogP contribution in [0.4, 0.5) is 0 Å². The van der Waals surface area contributed by atoms with Crippen molar-refractivity contribution >= 4 is 5.97 Å². The van der Waals surface area contributed by atoms with Gasteiger partial charge in [-0.05, 0) is 47.4 Å². The molecule has 0 N–H and O–H groups in total. The highest BCUT2D eigenvalue weighted by Crippen LogP contribution is 2.42. The maximum atomic E-state index is 11.8. The zero-order valence-electron chi connectivity index (χ0n) is 18.2. The van der Waals surface area contributed by atoms with Crippen LogP contribution in [0.25, 0.3) is 0 Å². The molecule has 0 aliphatic carbocycles. The van der Waals surface area contributed by atoms with Gasteiger partial charge in [-0.15, -0.1) is 0 Å². The van der Waals surface area contributed by atoms with Crippen molar-refractivity contribution in [3.8, 4) is 23.0 Å². The average molecular weight is 415 g/mol. The molecule has 0 unspecified atom stereocenters. The van der Waals surface area contributed by atoms with Crippen molar-refractivity contribution in [2.45, 2.75) is 18.9 Å². The SMILES string of the molecule is COC(=O)CCN1CCc2cc(OC)c(OC)cc2[C@H]1c1ccc(OC)c(OC)c1. The summed E-state index contributed by atoms with van der Waals surface area (Å²) in [6, 6.07) is 9.92. The zero-order valence-corrected chi connectivity index (χ0v) is 18.2. The van der Waals surface area contributed by atoms with Crippen LogP contribution in [-0.4, -0.2) is 59.5 Å². The van der Waals surface area contributed by atoms with E-state index >= 15 is 0 Å². The molecular weight excluding hydrogens is 386 g/mol. The van der Waals surface area contributed by atoms with Crippen LogP contribution in [0, 0.1) is 0 Å². The van der Waals surface area contributed by atoms with Gasteiger partial charge in [-0.3, -0.25) is 9.69 Å². The van der Waals surface area contributed by atoms with Crippen LogP contribution in [0.5, 0.6) is 23.0 Å². The van der Waals surface area contributed by atoms with E-state index < -0.39 is 0 Å². The minimum atomic E-state index is -0.223. The minimum absolute atomic E-state index is 0.0713. The second-order valence-corrected chi connectivity index (χ2v) is 7.04. The number of fused-ring (bicyclic) bond motifs is 1. The number of carbonyl (C=O) groups excluding carboxylic acids is 1. The largest absolute Gasteiger partial charge is 0.493 e. The van der Waals surface area contributed by atoms with Crippen molar-refractivity contribution in [2.24, 2.45) is 0 Å². The second-order valence-electron chi connectivity index (χ2n) is 7.04. The van der Waals surface area contributed by atoms with Gasteiger partial charge in [0.2, 0.25) is 0 Å². The Labute approximate surface area is 177 Å². The van der Waals surface area contributed by atoms with Crippen molar-refractivity contribution in [3.63, 3.8) is 0 Å². The number of ether oxygens (including phenoxy) is 5. The molecule has 0 aromatic heterocycles. The van der Waals surface area contributed by atoms with Crippen LogP contribution >= 0.6 is 0 Å². The normalized spacial score (nSPS) is 15.8. The Morgan fingerprint density at radius 1 is 0.900 bits per heavy atom. The van der Waals surface area contributed by atoms with Crippen molar-refractivity contribution in [2.75, 3.05) is 48.6 Å². The lowest BCUT2D eigenvalue weighted by Crippen LogP contribution is -2.37. The van der Waals surface area contributed by atoms with E-state index in [-0.39, 0.29) is 12.0 Å². The first-order chi connectivity index (χ1) is 14.6. The Morgan fingerprint density at radius 2 is 1.53 bits per heavy atom. The van der Waals surface area contributed by atoms with Crippen LogP contribution < -0.4 is 18.9 Å². The molecule has 1 heterocycles. The summed E-state index contributed by atoms with van der Waals surface area (Å²) in [5, 5.41) is 0. The number of hydrogen-bond acceptors (Lipinski definition) is 7. The van der Waals surface area contributed by atoms with Crippen LogP contribution in [0.1, 0.15) is 29.2 Å². The molecule has 3 rings (SSSR count). The molecule has 0 radical (unpaired) electrons. The highest BCUT2D eigenvalue weighted by Gasteiger charge is 2.31. The Hall–Kier alpha value is -2.93. The number of rotatable bonds is 8. The third kappa shape index (κ3) is 4.31. The molecule has 1 aliphatic rings. The lowest BCUT2D eigenvalue weighted by atomic mass is 9.87. The van der Waals surface area contributed by atoms with Gasteiger partial charge in [-0.1, -0.05) is 6.07 Å². The van der Waals surface area contributed by atoms with Gasteiger partial charge in [-0.25, -0.2) is 0 Å². The number of benzene rings is 2. The van der Waals surface area contributed by atoms with Gasteiger partial charge in [0, 0.05) is 13.1 Å². The summed E-state index contributed by atoms with van der Waals surface area (Å²) in [7, 11) is 7.93. The molecule has 2 aromatic carbocycles. The van der Waals surface area contributed by atoms with Crippen molar-refractivity contribution in [1.82, 2.24) is 4.90 Å². The molecule has 0 bridgehead atoms. The summed E-state index contributed by atoms with van der Waals surface area (Å²) in [4.78, 5) is 14.1. The molecule has 7 heteroatoms. The summed E-state index contributed by atoms with van der Waals surface area (Å²) < 4.78 is 26.8. The molecule has 0 amide bonds. The number of esters is 1. The Balaban J connectivity index is 2.09. The van der Waals surface area contributed by atoms with Crippen LogP contribution in [0.2, 0.25) is 0 Å². The third-order valence-electron chi connectivity index (χ3n) is 5.53. The highest BCUT2D eigenvalue weighted by molar-refractivity contribution is 5.69. The third-order valence-corrected chi connectivity index (χ3v) is 5.53. The second kappa shape index (κ2) is 9.71. The summed E-state index contributed by atoms with van der Waals surface area (Å²) in [6.45, 7) is 1.39. The highest BCUT2D eigenvalue weighted by atomic mass is 16.5. The standard InChI is InChI=1S/C23H29NO6/c1-26-18-7-6-16(13-19(18)27-2)23-17-14-21(29-4)20(28-3)12-15(17)8-10-24(23)11-9-22(25)30-5/h6-7,12-14,23H,8-11H2,1-5H3/t23-/m1/s1. The summed E-state index contributed by atoms with van der Waals surface area (Å²) >= 11 is 0. The predicted molar refractivity (Wildman–Crippen MR) is 113 cm³/mol. The van der Waals surface area contributed by atoms with E-state index in [0.717, 1.165) is 24.1 Å². The summed E-state index contributed by atoms with van der Waals surface area (Å²) in [5.74, 6) is 2.50.